The molecule has 30 heavy (non-hydrogen) atoms. The monoisotopic (exact) mass is 405 g/mol. The smallest absolute Gasteiger partial charge is 0.312 e. The maximum absolute atomic E-state index is 12.5. The molecule has 0 aliphatic carbocycles. The van der Waals surface area contributed by atoms with E-state index in [4.69, 9.17) is 10.00 Å². The summed E-state index contributed by atoms with van der Waals surface area (Å²) in [6.45, 7) is 3.75. The van der Waals surface area contributed by atoms with Gasteiger partial charge in [-0.15, -0.1) is 0 Å². The summed E-state index contributed by atoms with van der Waals surface area (Å²) in [5, 5.41) is 11.6. The Kier molecular flexibility index (Phi) is 6.48. The molecule has 0 aromatic heterocycles. The van der Waals surface area contributed by atoms with Crippen LogP contribution in [0.5, 0.6) is 0 Å². The van der Waals surface area contributed by atoms with Gasteiger partial charge < -0.3 is 15.0 Å². The molecular weight excluding hydrogens is 382 g/mol. The summed E-state index contributed by atoms with van der Waals surface area (Å²) in [4.78, 5) is 38.8. The van der Waals surface area contributed by atoms with Gasteiger partial charge in [-0.05, 0) is 49.2 Å². The summed E-state index contributed by atoms with van der Waals surface area (Å²) in [6, 6.07) is 16.1. The number of nitrogens with one attached hydrogen (secondary N) is 1. The first-order valence-corrected chi connectivity index (χ1v) is 9.82. The molecule has 0 radical (unpaired) electrons. The topological polar surface area (TPSA) is 99.5 Å². The minimum atomic E-state index is -1.03. The van der Waals surface area contributed by atoms with Crippen molar-refractivity contribution < 1.29 is 19.1 Å². The molecule has 1 aliphatic heterocycles. The molecule has 2 aromatic carbocycles. The number of ether oxygens (including phenoxy) is 1. The van der Waals surface area contributed by atoms with Gasteiger partial charge in [0.1, 0.15) is 0 Å². The number of hydrogen-bond donors (Lipinski definition) is 1. The summed E-state index contributed by atoms with van der Waals surface area (Å²) in [7, 11) is 0. The van der Waals surface area contributed by atoms with Crippen LogP contribution in [0.4, 0.5) is 11.4 Å². The molecule has 0 unspecified atom stereocenters. The van der Waals surface area contributed by atoms with Gasteiger partial charge in [0, 0.05) is 24.3 Å². The Hall–Kier alpha value is -3.66. The Bertz CT molecular complexity index is 994. The van der Waals surface area contributed by atoms with Gasteiger partial charge in [-0.1, -0.05) is 25.1 Å². The van der Waals surface area contributed by atoms with Gasteiger partial charge in [0.05, 0.1) is 17.6 Å². The fraction of sp³-hybridized carbons (Fsp3) is 0.304. The van der Waals surface area contributed by atoms with Crippen molar-refractivity contribution in [3.63, 3.8) is 0 Å². The number of rotatable bonds is 6. The van der Waals surface area contributed by atoms with Crippen molar-refractivity contribution in [2.45, 2.75) is 32.8 Å². The lowest BCUT2D eigenvalue weighted by molar-refractivity contribution is -0.157. The molecular formula is C23H23N3O4. The Balaban J connectivity index is 1.57. The molecule has 0 spiro atoms. The van der Waals surface area contributed by atoms with E-state index in [1.54, 1.807) is 23.1 Å². The summed E-state index contributed by atoms with van der Waals surface area (Å²) in [6.07, 6.45) is -0.0761. The van der Waals surface area contributed by atoms with Crippen LogP contribution >= 0.6 is 0 Å². The van der Waals surface area contributed by atoms with Gasteiger partial charge in [0.2, 0.25) is 5.91 Å². The number of aryl methyl sites for hydroxylation is 1. The number of nitrogens with zero attached hydrogens (tertiary/aromatic N) is 2. The van der Waals surface area contributed by atoms with E-state index in [0.29, 0.717) is 11.3 Å². The first-order chi connectivity index (χ1) is 14.4. The Morgan fingerprint density at radius 1 is 1.27 bits per heavy atom. The van der Waals surface area contributed by atoms with E-state index < -0.39 is 23.9 Å². The van der Waals surface area contributed by atoms with Crippen LogP contribution in [0.15, 0.2) is 48.5 Å². The lowest BCUT2D eigenvalue weighted by atomic mass is 10.1. The van der Waals surface area contributed by atoms with E-state index >= 15 is 0 Å². The molecule has 2 amide bonds. The van der Waals surface area contributed by atoms with Gasteiger partial charge in [0.15, 0.2) is 6.10 Å². The molecule has 7 heteroatoms. The number of benzene rings is 2. The fourth-order valence-electron chi connectivity index (χ4n) is 3.26. The lowest BCUT2D eigenvalue weighted by Gasteiger charge is -2.18. The van der Waals surface area contributed by atoms with E-state index in [9.17, 15) is 14.4 Å². The van der Waals surface area contributed by atoms with Crippen LogP contribution in [-0.4, -0.2) is 30.4 Å². The Morgan fingerprint density at radius 2 is 2.00 bits per heavy atom. The van der Waals surface area contributed by atoms with E-state index in [-0.39, 0.29) is 18.9 Å². The van der Waals surface area contributed by atoms with E-state index in [1.807, 2.05) is 30.3 Å². The number of hydrogen-bond acceptors (Lipinski definition) is 5. The standard InChI is InChI=1S/C23H23N3O4/c1-3-16-7-9-20(10-8-16)26-14-18(12-21(26)27)23(29)30-15(2)22(28)25-19-6-4-5-17(11-19)13-24/h4-11,15,18H,3,12,14H2,1-2H3,(H,25,28)/t15-,18-/m0/s1. The minimum Gasteiger partial charge on any atom is -0.452 e. The van der Waals surface area contributed by atoms with Gasteiger partial charge in [0.25, 0.3) is 5.91 Å². The molecule has 2 aromatic rings. The molecule has 154 valence electrons. The number of anilines is 2. The van der Waals surface area contributed by atoms with Crippen LogP contribution in [0, 0.1) is 17.2 Å². The van der Waals surface area contributed by atoms with Crippen LogP contribution in [0.3, 0.4) is 0 Å². The summed E-state index contributed by atoms with van der Waals surface area (Å²) in [5.74, 6) is -1.86. The molecule has 1 fully saturated rings. The van der Waals surface area contributed by atoms with E-state index in [0.717, 1.165) is 12.1 Å². The summed E-state index contributed by atoms with van der Waals surface area (Å²) >= 11 is 0. The van der Waals surface area contributed by atoms with Crippen molar-refractivity contribution in [2.24, 2.45) is 5.92 Å². The average molecular weight is 405 g/mol. The predicted molar refractivity (Wildman–Crippen MR) is 112 cm³/mol. The molecule has 1 heterocycles. The Labute approximate surface area is 175 Å². The third-order valence-corrected chi connectivity index (χ3v) is 5.04. The van der Waals surface area contributed by atoms with Crippen molar-refractivity contribution in [1.82, 2.24) is 0 Å². The van der Waals surface area contributed by atoms with Crippen molar-refractivity contribution in [2.75, 3.05) is 16.8 Å². The molecule has 7 nitrogen and oxygen atoms in total. The molecule has 3 rings (SSSR count). The minimum absolute atomic E-state index is 0.0485. The van der Waals surface area contributed by atoms with Crippen LogP contribution in [0.1, 0.15) is 31.4 Å². The Morgan fingerprint density at radius 3 is 2.67 bits per heavy atom. The van der Waals surface area contributed by atoms with Gasteiger partial charge in [-0.2, -0.15) is 5.26 Å². The maximum atomic E-state index is 12.5. The molecule has 1 N–H and O–H groups in total. The second-order valence-corrected chi connectivity index (χ2v) is 7.19. The van der Waals surface area contributed by atoms with Crippen molar-refractivity contribution in [1.29, 1.82) is 5.26 Å². The largest absolute Gasteiger partial charge is 0.452 e. The second kappa shape index (κ2) is 9.23. The highest BCUT2D eigenvalue weighted by atomic mass is 16.5. The number of esters is 1. The van der Waals surface area contributed by atoms with Crippen LogP contribution in [0.25, 0.3) is 0 Å². The first-order valence-electron chi connectivity index (χ1n) is 9.82. The zero-order valence-corrected chi connectivity index (χ0v) is 16.9. The zero-order chi connectivity index (χ0) is 21.7. The first kappa shape index (κ1) is 21.1. The third kappa shape index (κ3) is 4.84. The highest BCUT2D eigenvalue weighted by Gasteiger charge is 2.37. The summed E-state index contributed by atoms with van der Waals surface area (Å²) < 4.78 is 5.30. The quantitative estimate of drug-likeness (QED) is 0.745. The molecule has 2 atom stereocenters. The fourth-order valence-corrected chi connectivity index (χ4v) is 3.26. The van der Waals surface area contributed by atoms with Crippen LogP contribution in [-0.2, 0) is 25.5 Å². The van der Waals surface area contributed by atoms with Gasteiger partial charge in [-0.3, -0.25) is 14.4 Å². The molecule has 1 saturated heterocycles. The van der Waals surface area contributed by atoms with Crippen molar-refractivity contribution in [3.8, 4) is 6.07 Å². The maximum Gasteiger partial charge on any atom is 0.312 e. The van der Waals surface area contributed by atoms with Crippen molar-refractivity contribution in [3.05, 3.63) is 59.7 Å². The molecule has 1 aliphatic rings. The molecule has 0 saturated carbocycles. The van der Waals surface area contributed by atoms with Crippen LogP contribution in [0.2, 0.25) is 0 Å². The predicted octanol–water partition coefficient (Wildman–Crippen LogP) is 3.04. The summed E-state index contributed by atoms with van der Waals surface area (Å²) in [5.41, 5.74) is 2.77. The highest BCUT2D eigenvalue weighted by Crippen LogP contribution is 2.26. The molecule has 0 bridgehead atoms. The average Bonchev–Trinajstić information content (AvgIpc) is 3.15. The number of nitriles is 1. The number of amides is 2. The zero-order valence-electron chi connectivity index (χ0n) is 16.9. The number of carbonyl (C=O) groups is 3. The number of carbonyl (C=O) groups excluding carboxylic acids is 3. The van der Waals surface area contributed by atoms with E-state index in [1.165, 1.54) is 18.6 Å². The third-order valence-electron chi connectivity index (χ3n) is 5.04. The van der Waals surface area contributed by atoms with Gasteiger partial charge in [-0.25, -0.2) is 0 Å². The highest BCUT2D eigenvalue weighted by molar-refractivity contribution is 6.00. The normalized spacial score (nSPS) is 16.6. The van der Waals surface area contributed by atoms with Crippen molar-refractivity contribution >= 4 is 29.2 Å². The van der Waals surface area contributed by atoms with Gasteiger partial charge >= 0.3 is 5.97 Å². The van der Waals surface area contributed by atoms with E-state index in [2.05, 4.69) is 12.2 Å². The SMILES string of the molecule is CCc1ccc(N2C[C@@H](C(=O)O[C@@H](C)C(=O)Nc3cccc(C#N)c3)CC2=O)cc1. The lowest BCUT2D eigenvalue weighted by Crippen LogP contribution is -2.33. The second-order valence-electron chi connectivity index (χ2n) is 7.19. The van der Waals surface area contributed by atoms with Crippen LogP contribution < -0.4 is 10.2 Å².